The molecule has 2 aromatic carbocycles. The Bertz CT molecular complexity index is 1610. The predicted octanol–water partition coefficient (Wildman–Crippen LogP) is 2.15. The Hall–Kier alpha value is -4.38. The van der Waals surface area contributed by atoms with E-state index in [4.69, 9.17) is 0 Å². The molecule has 0 saturated carbocycles. The first-order valence-electron chi connectivity index (χ1n) is 13.0. The standard InChI is InChI=1S/C28H28FN7O3/c1-33-10-12-34(13-11-33)28(39)19-8-9-35(16-19)27(38)18-2-5-22(6-3-18)36-17-25(31-32-36)23-15-20-14-21(29)4-7-24(20)30-26(23)37/h2-7,14-15,17,19H,8-13,16H2,1H3,(H,30,37). The van der Waals surface area contributed by atoms with Crippen LogP contribution in [0, 0.1) is 11.7 Å². The first kappa shape index (κ1) is 24.9. The molecule has 2 saturated heterocycles. The Balaban J connectivity index is 1.14. The fraction of sp³-hybridized carbons (Fsp3) is 0.321. The number of carbonyl (C=O) groups excluding carboxylic acids is 2. The lowest BCUT2D eigenvalue weighted by Crippen LogP contribution is -2.49. The minimum atomic E-state index is -0.398. The van der Waals surface area contributed by atoms with Crippen molar-refractivity contribution >= 4 is 22.7 Å². The van der Waals surface area contributed by atoms with Crippen LogP contribution in [0.5, 0.6) is 0 Å². The van der Waals surface area contributed by atoms with Gasteiger partial charge in [-0.1, -0.05) is 5.21 Å². The number of aromatic nitrogens is 4. The van der Waals surface area contributed by atoms with Crippen LogP contribution >= 0.6 is 0 Å². The van der Waals surface area contributed by atoms with Crippen LogP contribution in [0.2, 0.25) is 0 Å². The molecule has 200 valence electrons. The first-order valence-corrected chi connectivity index (χ1v) is 13.0. The van der Waals surface area contributed by atoms with Crippen LogP contribution in [0.1, 0.15) is 16.8 Å². The van der Waals surface area contributed by atoms with Gasteiger partial charge in [0, 0.05) is 55.7 Å². The van der Waals surface area contributed by atoms with Gasteiger partial charge < -0.3 is 19.7 Å². The molecule has 1 N–H and O–H groups in total. The maximum atomic E-state index is 13.7. The zero-order valence-electron chi connectivity index (χ0n) is 21.5. The summed E-state index contributed by atoms with van der Waals surface area (Å²) in [6.45, 7) is 4.21. The Morgan fingerprint density at radius 1 is 0.974 bits per heavy atom. The van der Waals surface area contributed by atoms with E-state index in [0.29, 0.717) is 47.4 Å². The van der Waals surface area contributed by atoms with E-state index in [-0.39, 0.29) is 28.9 Å². The molecule has 39 heavy (non-hydrogen) atoms. The summed E-state index contributed by atoms with van der Waals surface area (Å²) in [7, 11) is 2.06. The largest absolute Gasteiger partial charge is 0.340 e. The van der Waals surface area contributed by atoms with Crippen LogP contribution in [0.25, 0.3) is 27.8 Å². The highest BCUT2D eigenvalue weighted by molar-refractivity contribution is 5.95. The second kappa shape index (κ2) is 10.1. The van der Waals surface area contributed by atoms with Gasteiger partial charge in [-0.25, -0.2) is 9.07 Å². The zero-order valence-corrected chi connectivity index (χ0v) is 21.5. The van der Waals surface area contributed by atoms with Gasteiger partial charge in [0.25, 0.3) is 11.5 Å². The minimum absolute atomic E-state index is 0.107. The van der Waals surface area contributed by atoms with E-state index in [0.717, 1.165) is 26.2 Å². The van der Waals surface area contributed by atoms with E-state index in [9.17, 15) is 18.8 Å². The fourth-order valence-corrected chi connectivity index (χ4v) is 5.25. The lowest BCUT2D eigenvalue weighted by atomic mass is 10.1. The molecule has 2 aliphatic rings. The summed E-state index contributed by atoms with van der Waals surface area (Å²) in [5, 5.41) is 8.81. The van der Waals surface area contributed by atoms with Gasteiger partial charge in [-0.3, -0.25) is 14.4 Å². The van der Waals surface area contributed by atoms with E-state index in [1.54, 1.807) is 41.4 Å². The number of nitrogens with zero attached hydrogens (tertiary/aromatic N) is 6. The topological polar surface area (TPSA) is 107 Å². The number of carbonyl (C=O) groups is 2. The van der Waals surface area contributed by atoms with Crippen molar-refractivity contribution in [1.29, 1.82) is 0 Å². The molecule has 0 radical (unpaired) electrons. The highest BCUT2D eigenvalue weighted by Crippen LogP contribution is 2.23. The summed E-state index contributed by atoms with van der Waals surface area (Å²) < 4.78 is 15.2. The monoisotopic (exact) mass is 529 g/mol. The second-order valence-corrected chi connectivity index (χ2v) is 10.2. The molecule has 0 bridgehead atoms. The van der Waals surface area contributed by atoms with Crippen LogP contribution in [0.4, 0.5) is 4.39 Å². The quantitative estimate of drug-likeness (QED) is 0.434. The Kier molecular flexibility index (Phi) is 6.43. The Morgan fingerprint density at radius 2 is 1.74 bits per heavy atom. The number of H-pyrrole nitrogens is 1. The van der Waals surface area contributed by atoms with Gasteiger partial charge in [-0.05, 0) is 62.0 Å². The number of hydrogen-bond donors (Lipinski definition) is 1. The molecule has 1 atom stereocenters. The summed E-state index contributed by atoms with van der Waals surface area (Å²) >= 11 is 0. The molecular formula is C28H28FN7O3. The van der Waals surface area contributed by atoms with Crippen LogP contribution in [0.3, 0.4) is 0 Å². The van der Waals surface area contributed by atoms with Crippen molar-refractivity contribution in [3.05, 3.63) is 76.5 Å². The number of piperazine rings is 1. The van der Waals surface area contributed by atoms with Gasteiger partial charge in [0.05, 0.1) is 23.4 Å². The maximum absolute atomic E-state index is 13.7. The highest BCUT2D eigenvalue weighted by atomic mass is 19.1. The molecule has 11 heteroatoms. The lowest BCUT2D eigenvalue weighted by molar-refractivity contribution is -0.136. The summed E-state index contributed by atoms with van der Waals surface area (Å²) in [6.07, 6.45) is 2.29. The molecule has 4 aromatic rings. The van der Waals surface area contributed by atoms with E-state index < -0.39 is 5.82 Å². The minimum Gasteiger partial charge on any atom is -0.340 e. The second-order valence-electron chi connectivity index (χ2n) is 10.2. The van der Waals surface area contributed by atoms with Gasteiger partial charge in [0.2, 0.25) is 5.91 Å². The molecule has 2 aromatic heterocycles. The van der Waals surface area contributed by atoms with Crippen molar-refractivity contribution in [3.63, 3.8) is 0 Å². The summed E-state index contributed by atoms with van der Waals surface area (Å²) in [4.78, 5) is 47.3. The third-order valence-electron chi connectivity index (χ3n) is 7.59. The van der Waals surface area contributed by atoms with E-state index in [2.05, 4.69) is 27.2 Å². The number of hydrogen-bond acceptors (Lipinski definition) is 6. The van der Waals surface area contributed by atoms with Gasteiger partial charge in [-0.2, -0.15) is 0 Å². The van der Waals surface area contributed by atoms with Crippen molar-refractivity contribution in [2.24, 2.45) is 5.92 Å². The van der Waals surface area contributed by atoms with E-state index in [1.165, 1.54) is 22.9 Å². The van der Waals surface area contributed by atoms with Crippen LogP contribution in [0.15, 0.2) is 59.5 Å². The van der Waals surface area contributed by atoms with Gasteiger partial charge in [-0.15, -0.1) is 5.10 Å². The molecule has 2 amide bonds. The zero-order chi connectivity index (χ0) is 27.1. The summed E-state index contributed by atoms with van der Waals surface area (Å²) in [5.41, 5.74) is 2.00. The van der Waals surface area contributed by atoms with Gasteiger partial charge in [0.1, 0.15) is 11.5 Å². The molecule has 0 spiro atoms. The van der Waals surface area contributed by atoms with E-state index >= 15 is 0 Å². The number of amides is 2. The number of benzene rings is 2. The van der Waals surface area contributed by atoms with Crippen molar-refractivity contribution < 1.29 is 14.0 Å². The van der Waals surface area contributed by atoms with Crippen molar-refractivity contribution in [2.45, 2.75) is 6.42 Å². The van der Waals surface area contributed by atoms with Crippen molar-refractivity contribution in [2.75, 3.05) is 46.3 Å². The third kappa shape index (κ3) is 4.92. The number of pyridine rings is 1. The van der Waals surface area contributed by atoms with Crippen molar-refractivity contribution in [3.8, 4) is 16.9 Å². The Morgan fingerprint density at radius 3 is 2.51 bits per heavy atom. The number of fused-ring (bicyclic) bond motifs is 1. The van der Waals surface area contributed by atoms with Crippen LogP contribution in [-0.2, 0) is 4.79 Å². The third-order valence-corrected chi connectivity index (χ3v) is 7.59. The number of aromatic amines is 1. The van der Waals surface area contributed by atoms with Gasteiger partial charge >= 0.3 is 0 Å². The van der Waals surface area contributed by atoms with Crippen LogP contribution in [-0.4, -0.2) is 92.8 Å². The molecule has 10 nitrogen and oxygen atoms in total. The van der Waals surface area contributed by atoms with E-state index in [1.807, 2.05) is 4.90 Å². The molecule has 0 aliphatic carbocycles. The molecule has 2 fully saturated rings. The molecule has 2 aliphatic heterocycles. The average Bonchev–Trinajstić information content (AvgIpc) is 3.64. The van der Waals surface area contributed by atoms with Crippen LogP contribution < -0.4 is 5.56 Å². The molecule has 1 unspecified atom stereocenters. The maximum Gasteiger partial charge on any atom is 0.258 e. The predicted molar refractivity (Wildman–Crippen MR) is 143 cm³/mol. The Labute approximate surface area is 223 Å². The summed E-state index contributed by atoms with van der Waals surface area (Å²) in [5.74, 6) is -0.514. The average molecular weight is 530 g/mol. The molecular weight excluding hydrogens is 501 g/mol. The normalized spacial score (nSPS) is 18.2. The molecule has 4 heterocycles. The summed E-state index contributed by atoms with van der Waals surface area (Å²) in [6, 6.07) is 12.7. The number of likely N-dealkylation sites (tertiary alicyclic amines) is 1. The number of likely N-dealkylation sites (N-methyl/N-ethyl adjacent to an activating group) is 1. The van der Waals surface area contributed by atoms with Crippen molar-refractivity contribution in [1.82, 2.24) is 34.7 Å². The number of rotatable bonds is 4. The lowest BCUT2D eigenvalue weighted by Gasteiger charge is -2.34. The number of nitrogens with one attached hydrogen (secondary N) is 1. The highest BCUT2D eigenvalue weighted by Gasteiger charge is 2.34. The fourth-order valence-electron chi connectivity index (χ4n) is 5.25. The SMILES string of the molecule is CN1CCN(C(=O)C2CCN(C(=O)c3ccc(-n4cc(-c5cc6cc(F)ccc6[nH]c5=O)nn4)cc3)C2)CC1. The number of halogens is 1. The smallest absolute Gasteiger partial charge is 0.258 e. The molecule has 6 rings (SSSR count). The van der Waals surface area contributed by atoms with Gasteiger partial charge in [0.15, 0.2) is 0 Å². The first-order chi connectivity index (χ1) is 18.9.